The van der Waals surface area contributed by atoms with Crippen molar-refractivity contribution in [2.75, 3.05) is 76.8 Å². The third kappa shape index (κ3) is 5.69. The van der Waals surface area contributed by atoms with E-state index < -0.39 is 0 Å². The number of nitrogens with zero attached hydrogens (tertiary/aromatic N) is 6. The first-order valence-corrected chi connectivity index (χ1v) is 15.8. The van der Waals surface area contributed by atoms with Gasteiger partial charge in [0.25, 0.3) is 0 Å². The van der Waals surface area contributed by atoms with Gasteiger partial charge >= 0.3 is 0 Å². The number of likely N-dealkylation sites (N-methyl/N-ethyl adjacent to an activating group) is 2. The van der Waals surface area contributed by atoms with Crippen LogP contribution in [0.2, 0.25) is 0 Å². The van der Waals surface area contributed by atoms with Crippen molar-refractivity contribution in [2.45, 2.75) is 38.1 Å². The van der Waals surface area contributed by atoms with Gasteiger partial charge in [0.1, 0.15) is 10.6 Å². The molecule has 3 fully saturated rings. The van der Waals surface area contributed by atoms with E-state index in [1.165, 1.54) is 55.4 Å². The monoisotopic (exact) mass is 561 g/mol. The van der Waals surface area contributed by atoms with Gasteiger partial charge in [-0.3, -0.25) is 4.79 Å². The highest BCUT2D eigenvalue weighted by atomic mass is 32.1. The molecule has 8 nitrogen and oxygen atoms in total. The smallest absolute Gasteiger partial charge is 0.228 e. The van der Waals surface area contributed by atoms with Crippen LogP contribution in [0.4, 0.5) is 11.8 Å². The van der Waals surface area contributed by atoms with Crippen molar-refractivity contribution in [1.29, 1.82) is 0 Å². The summed E-state index contributed by atoms with van der Waals surface area (Å²) in [7, 11) is 6.28. The standard InChI is InChI=1S/C31H43N7OS/c1-32-29(39)24-10-7-14-38(19-24)31-33-28(27-26(21-40-30(27)34-31)23-8-5-4-6-9-23)37-16-11-22(12-17-37)18-36(3)25-13-15-35(2)20-25/h4-6,8-9,21-22,24-25H,7,10-20H2,1-3H3,(H,32,39). The van der Waals surface area contributed by atoms with E-state index >= 15 is 0 Å². The predicted octanol–water partition coefficient (Wildman–Crippen LogP) is 4.17. The number of carbonyl (C=O) groups is 1. The number of anilines is 2. The molecule has 3 aromatic rings. The highest BCUT2D eigenvalue weighted by molar-refractivity contribution is 7.17. The lowest BCUT2D eigenvalue weighted by Crippen LogP contribution is -2.43. The van der Waals surface area contributed by atoms with Gasteiger partial charge in [0.2, 0.25) is 11.9 Å². The van der Waals surface area contributed by atoms with Gasteiger partial charge in [-0.1, -0.05) is 30.3 Å². The molecule has 0 saturated carbocycles. The Labute approximate surface area is 242 Å². The number of carbonyl (C=O) groups excluding carboxylic acids is 1. The number of fused-ring (bicyclic) bond motifs is 1. The van der Waals surface area contributed by atoms with Crippen molar-refractivity contribution in [3.05, 3.63) is 35.7 Å². The second-order valence-electron chi connectivity index (χ2n) is 12.0. The normalized spacial score (nSPS) is 22.9. The van der Waals surface area contributed by atoms with Crippen molar-refractivity contribution in [3.8, 4) is 11.1 Å². The summed E-state index contributed by atoms with van der Waals surface area (Å²) < 4.78 is 0. The molecule has 0 aliphatic carbocycles. The molecule has 1 N–H and O–H groups in total. The van der Waals surface area contributed by atoms with E-state index in [0.717, 1.165) is 55.0 Å². The average Bonchev–Trinajstić information content (AvgIpc) is 3.64. The minimum atomic E-state index is -0.0166. The van der Waals surface area contributed by atoms with Gasteiger partial charge in [0.15, 0.2) is 0 Å². The van der Waals surface area contributed by atoms with Gasteiger partial charge in [0, 0.05) is 63.3 Å². The van der Waals surface area contributed by atoms with Crippen molar-refractivity contribution in [1.82, 2.24) is 25.1 Å². The van der Waals surface area contributed by atoms with E-state index in [1.807, 2.05) is 0 Å². The second-order valence-corrected chi connectivity index (χ2v) is 12.9. The molecule has 1 aromatic carbocycles. The zero-order valence-electron chi connectivity index (χ0n) is 24.2. The molecule has 2 unspecified atom stereocenters. The predicted molar refractivity (Wildman–Crippen MR) is 165 cm³/mol. The molecule has 1 amide bonds. The molecule has 3 aliphatic heterocycles. The molecule has 2 atom stereocenters. The summed E-state index contributed by atoms with van der Waals surface area (Å²) in [4.78, 5) is 33.7. The number of hydrogen-bond acceptors (Lipinski definition) is 8. The van der Waals surface area contributed by atoms with Crippen LogP contribution >= 0.6 is 11.3 Å². The lowest BCUT2D eigenvalue weighted by Gasteiger charge is -2.37. The summed E-state index contributed by atoms with van der Waals surface area (Å²) in [5.41, 5.74) is 2.43. The fourth-order valence-corrected chi connectivity index (χ4v) is 7.78. The first kappa shape index (κ1) is 27.4. The molecular weight excluding hydrogens is 518 g/mol. The minimum Gasteiger partial charge on any atom is -0.359 e. The van der Waals surface area contributed by atoms with Crippen LogP contribution in [0, 0.1) is 11.8 Å². The Morgan fingerprint density at radius 2 is 1.82 bits per heavy atom. The lowest BCUT2D eigenvalue weighted by atomic mass is 9.95. The number of hydrogen-bond donors (Lipinski definition) is 1. The van der Waals surface area contributed by atoms with Crippen molar-refractivity contribution < 1.29 is 4.79 Å². The third-order valence-corrected chi connectivity index (χ3v) is 10.1. The zero-order valence-corrected chi connectivity index (χ0v) is 25.0. The van der Waals surface area contributed by atoms with Gasteiger partial charge in [-0.05, 0) is 64.2 Å². The highest BCUT2D eigenvalue weighted by Gasteiger charge is 2.31. The molecule has 6 rings (SSSR count). The highest BCUT2D eigenvalue weighted by Crippen LogP contribution is 2.41. The summed E-state index contributed by atoms with van der Waals surface area (Å²) in [5, 5.41) is 6.25. The number of likely N-dealkylation sites (tertiary alicyclic amines) is 1. The second kappa shape index (κ2) is 12.0. The Kier molecular flexibility index (Phi) is 8.23. The van der Waals surface area contributed by atoms with Gasteiger partial charge < -0.3 is 24.9 Å². The molecule has 9 heteroatoms. The van der Waals surface area contributed by atoms with E-state index in [-0.39, 0.29) is 11.8 Å². The van der Waals surface area contributed by atoms with Crippen molar-refractivity contribution in [2.24, 2.45) is 11.8 Å². The van der Waals surface area contributed by atoms with Crippen LogP contribution in [0.25, 0.3) is 21.3 Å². The van der Waals surface area contributed by atoms with E-state index in [0.29, 0.717) is 12.6 Å². The van der Waals surface area contributed by atoms with Crippen LogP contribution in [-0.4, -0.2) is 98.7 Å². The summed E-state index contributed by atoms with van der Waals surface area (Å²) in [6.07, 6.45) is 5.54. The fraction of sp³-hybridized carbons (Fsp3) is 0.581. The summed E-state index contributed by atoms with van der Waals surface area (Å²) in [5.74, 6) is 2.65. The van der Waals surface area contributed by atoms with Crippen LogP contribution in [0.1, 0.15) is 32.1 Å². The quantitative estimate of drug-likeness (QED) is 0.464. The molecule has 5 heterocycles. The van der Waals surface area contributed by atoms with Crippen LogP contribution in [0.5, 0.6) is 0 Å². The largest absolute Gasteiger partial charge is 0.359 e. The van der Waals surface area contributed by atoms with E-state index in [1.54, 1.807) is 18.4 Å². The van der Waals surface area contributed by atoms with Crippen LogP contribution in [-0.2, 0) is 4.79 Å². The maximum Gasteiger partial charge on any atom is 0.228 e. The number of rotatable bonds is 7. The summed E-state index contributed by atoms with van der Waals surface area (Å²) in [6.45, 7) is 7.17. The molecule has 214 valence electrons. The molecular formula is C31H43N7OS. The number of piperidine rings is 2. The Morgan fingerprint density at radius 3 is 2.55 bits per heavy atom. The van der Waals surface area contributed by atoms with E-state index in [9.17, 15) is 4.79 Å². The fourth-order valence-electron chi connectivity index (χ4n) is 6.85. The minimum absolute atomic E-state index is 0.0166. The summed E-state index contributed by atoms with van der Waals surface area (Å²) in [6, 6.07) is 11.3. The Bertz CT molecular complexity index is 1310. The zero-order chi connectivity index (χ0) is 27.6. The Morgan fingerprint density at radius 1 is 1.02 bits per heavy atom. The Hall–Kier alpha value is -2.75. The van der Waals surface area contributed by atoms with Crippen LogP contribution < -0.4 is 15.1 Å². The first-order valence-electron chi connectivity index (χ1n) is 14.9. The molecule has 3 aliphatic rings. The Balaban J connectivity index is 1.27. The number of amides is 1. The average molecular weight is 562 g/mol. The van der Waals surface area contributed by atoms with E-state index in [2.05, 4.69) is 74.7 Å². The maximum absolute atomic E-state index is 12.4. The number of thiophene rings is 1. The maximum atomic E-state index is 12.4. The van der Waals surface area contributed by atoms with Crippen LogP contribution in [0.3, 0.4) is 0 Å². The van der Waals surface area contributed by atoms with Crippen LogP contribution in [0.15, 0.2) is 35.7 Å². The molecule has 2 aromatic heterocycles. The number of nitrogens with one attached hydrogen (secondary N) is 1. The molecule has 40 heavy (non-hydrogen) atoms. The topological polar surface area (TPSA) is 67.8 Å². The third-order valence-electron chi connectivity index (χ3n) is 9.26. The van der Waals surface area contributed by atoms with Gasteiger partial charge in [-0.25, -0.2) is 4.98 Å². The molecule has 0 radical (unpaired) electrons. The number of aromatic nitrogens is 2. The van der Waals surface area contributed by atoms with Crippen molar-refractivity contribution in [3.63, 3.8) is 0 Å². The molecule has 0 bridgehead atoms. The van der Waals surface area contributed by atoms with Gasteiger partial charge in [-0.2, -0.15) is 4.98 Å². The molecule has 0 spiro atoms. The van der Waals surface area contributed by atoms with Crippen molar-refractivity contribution >= 4 is 39.2 Å². The van der Waals surface area contributed by atoms with E-state index in [4.69, 9.17) is 9.97 Å². The number of benzene rings is 1. The SMILES string of the molecule is CNC(=O)C1CCCN(c2nc(N3CCC(CN(C)C4CCN(C)C4)CC3)c3c(-c4ccccc4)csc3n2)C1. The lowest BCUT2D eigenvalue weighted by molar-refractivity contribution is -0.124. The first-order chi connectivity index (χ1) is 19.5. The van der Waals surface area contributed by atoms with Gasteiger partial charge in [-0.15, -0.1) is 11.3 Å². The molecule has 3 saturated heterocycles. The van der Waals surface area contributed by atoms with Gasteiger partial charge in [0.05, 0.1) is 11.3 Å². The summed E-state index contributed by atoms with van der Waals surface area (Å²) >= 11 is 1.71.